The lowest BCUT2D eigenvalue weighted by molar-refractivity contribution is -0.128. The Morgan fingerprint density at radius 2 is 1.89 bits per heavy atom. The predicted octanol–water partition coefficient (Wildman–Crippen LogP) is 5.08. The van der Waals surface area contributed by atoms with Crippen LogP contribution >= 0.6 is 11.3 Å². The van der Waals surface area contributed by atoms with Crippen LogP contribution in [0.15, 0.2) is 35.7 Å². The number of fused-ring (bicyclic) bond motifs is 3. The van der Waals surface area contributed by atoms with Crippen molar-refractivity contribution in [1.29, 1.82) is 0 Å². The van der Waals surface area contributed by atoms with E-state index >= 15 is 0 Å². The largest absolute Gasteiger partial charge is 0.493 e. The number of nitrogens with one attached hydrogen (secondary N) is 1. The Hall–Kier alpha value is -3.00. The van der Waals surface area contributed by atoms with Gasteiger partial charge in [0, 0.05) is 17.8 Å². The van der Waals surface area contributed by atoms with E-state index in [-0.39, 0.29) is 17.9 Å². The van der Waals surface area contributed by atoms with Gasteiger partial charge in [0.1, 0.15) is 11.2 Å². The number of aromatic nitrogens is 1. The first kappa shape index (κ1) is 23.7. The minimum absolute atomic E-state index is 0.0951. The van der Waals surface area contributed by atoms with Crippen molar-refractivity contribution in [2.24, 2.45) is 11.8 Å². The fourth-order valence-corrected chi connectivity index (χ4v) is 6.51. The van der Waals surface area contributed by atoms with Crippen molar-refractivity contribution in [3.05, 3.63) is 41.4 Å². The molecule has 1 aromatic carbocycles. The van der Waals surface area contributed by atoms with Gasteiger partial charge in [-0.15, -0.1) is 11.3 Å². The van der Waals surface area contributed by atoms with Gasteiger partial charge in [0.25, 0.3) is 5.91 Å². The molecule has 1 N–H and O–H groups in total. The monoisotopic (exact) mass is 495 g/mol. The van der Waals surface area contributed by atoms with Crippen molar-refractivity contribution in [3.8, 4) is 11.5 Å². The normalized spacial score (nSPS) is 26.5. The predicted molar refractivity (Wildman–Crippen MR) is 139 cm³/mol. The van der Waals surface area contributed by atoms with Gasteiger partial charge in [-0.05, 0) is 54.8 Å². The second-order valence-corrected chi connectivity index (χ2v) is 11.0. The number of amides is 2. The van der Waals surface area contributed by atoms with Gasteiger partial charge < -0.3 is 19.4 Å². The van der Waals surface area contributed by atoms with Gasteiger partial charge in [0.05, 0.1) is 31.0 Å². The highest BCUT2D eigenvalue weighted by Gasteiger charge is 2.49. The zero-order valence-corrected chi connectivity index (χ0v) is 21.8. The van der Waals surface area contributed by atoms with E-state index in [1.54, 1.807) is 42.6 Å². The van der Waals surface area contributed by atoms with Gasteiger partial charge in [-0.1, -0.05) is 26.7 Å². The van der Waals surface area contributed by atoms with Gasteiger partial charge in [0.2, 0.25) is 5.91 Å². The molecule has 0 unspecified atom stereocenters. The highest BCUT2D eigenvalue weighted by Crippen LogP contribution is 2.40. The third-order valence-corrected chi connectivity index (χ3v) is 8.90. The van der Waals surface area contributed by atoms with Crippen LogP contribution in [0.5, 0.6) is 11.5 Å². The maximum Gasteiger partial charge on any atom is 0.275 e. The van der Waals surface area contributed by atoms with Gasteiger partial charge in [-0.3, -0.25) is 14.5 Å². The number of hydrogen-bond donors (Lipinski definition) is 1. The molecule has 4 atom stereocenters. The number of hydrogen-bond acceptors (Lipinski definition) is 5. The lowest BCUT2D eigenvalue weighted by Crippen LogP contribution is -2.66. The van der Waals surface area contributed by atoms with E-state index in [9.17, 15) is 9.59 Å². The van der Waals surface area contributed by atoms with Gasteiger partial charge in [0.15, 0.2) is 11.5 Å². The lowest BCUT2D eigenvalue weighted by Gasteiger charge is -2.45. The quantitative estimate of drug-likeness (QED) is 0.536. The third-order valence-electron chi connectivity index (χ3n) is 8.04. The molecule has 5 rings (SSSR count). The zero-order chi connectivity index (χ0) is 24.9. The second-order valence-electron chi connectivity index (χ2n) is 10.1. The number of anilines is 1. The smallest absolute Gasteiger partial charge is 0.275 e. The standard InChI is InChI=1S/C27H33N3O4S/c1-16-7-6-8-19(17(16)2)28-26(32)27(3)15-29-20-11-12-35-24(20)14-21(29)25(31)30(27)18-9-10-22(33-4)23(13-18)34-5/h9-14,16-17,19H,6-8,15H2,1-5H3,(H,28,32)/t16-,17+,19+,27+/m0/s1. The van der Waals surface area contributed by atoms with Crippen molar-refractivity contribution < 1.29 is 19.1 Å². The molecule has 8 heteroatoms. The molecule has 186 valence electrons. The Balaban J connectivity index is 1.60. The highest BCUT2D eigenvalue weighted by molar-refractivity contribution is 7.17. The average Bonchev–Trinajstić information content (AvgIpc) is 3.44. The molecular formula is C27H33N3O4S. The molecule has 0 radical (unpaired) electrons. The highest BCUT2D eigenvalue weighted by atomic mass is 32.1. The fourth-order valence-electron chi connectivity index (χ4n) is 5.69. The summed E-state index contributed by atoms with van der Waals surface area (Å²) in [7, 11) is 3.14. The molecule has 1 aliphatic carbocycles. The molecule has 1 saturated carbocycles. The molecule has 2 amide bonds. The Morgan fingerprint density at radius 1 is 1.11 bits per heavy atom. The Kier molecular flexibility index (Phi) is 6.03. The number of nitrogens with zero attached hydrogens (tertiary/aromatic N) is 2. The van der Waals surface area contributed by atoms with Crippen LogP contribution in [-0.2, 0) is 11.3 Å². The van der Waals surface area contributed by atoms with Crippen LogP contribution in [0.25, 0.3) is 10.2 Å². The first-order chi connectivity index (χ1) is 16.8. The van der Waals surface area contributed by atoms with Crippen LogP contribution in [0, 0.1) is 11.8 Å². The number of thiophene rings is 1. The number of ether oxygens (including phenoxy) is 2. The number of benzene rings is 1. The Labute approximate surface area is 210 Å². The summed E-state index contributed by atoms with van der Waals surface area (Å²) >= 11 is 1.60. The van der Waals surface area contributed by atoms with E-state index in [1.165, 1.54) is 6.42 Å². The Morgan fingerprint density at radius 3 is 2.63 bits per heavy atom. The summed E-state index contributed by atoms with van der Waals surface area (Å²) in [6.45, 7) is 6.71. The number of methoxy groups -OCH3 is 2. The molecule has 0 bridgehead atoms. The van der Waals surface area contributed by atoms with Gasteiger partial charge >= 0.3 is 0 Å². The summed E-state index contributed by atoms with van der Waals surface area (Å²) in [5, 5.41) is 5.37. The summed E-state index contributed by atoms with van der Waals surface area (Å²) in [6, 6.07) is 9.41. The summed E-state index contributed by atoms with van der Waals surface area (Å²) in [4.78, 5) is 29.7. The maximum absolute atomic E-state index is 14.1. The van der Waals surface area contributed by atoms with Crippen molar-refractivity contribution in [1.82, 2.24) is 9.88 Å². The molecular weight excluding hydrogens is 462 g/mol. The summed E-state index contributed by atoms with van der Waals surface area (Å²) < 4.78 is 14.0. The lowest BCUT2D eigenvalue weighted by atomic mass is 9.77. The number of rotatable bonds is 5. The summed E-state index contributed by atoms with van der Waals surface area (Å²) in [6.07, 6.45) is 3.24. The van der Waals surface area contributed by atoms with Crippen LogP contribution in [0.4, 0.5) is 5.69 Å². The second kappa shape index (κ2) is 8.90. The van der Waals surface area contributed by atoms with Crippen LogP contribution < -0.4 is 19.7 Å². The molecule has 1 aliphatic heterocycles. The average molecular weight is 496 g/mol. The summed E-state index contributed by atoms with van der Waals surface area (Å²) in [5.74, 6) is 1.69. The van der Waals surface area contributed by atoms with E-state index in [0.29, 0.717) is 41.3 Å². The van der Waals surface area contributed by atoms with Crippen LogP contribution in [0.1, 0.15) is 50.5 Å². The van der Waals surface area contributed by atoms with Gasteiger partial charge in [-0.2, -0.15) is 0 Å². The molecule has 35 heavy (non-hydrogen) atoms. The SMILES string of the molecule is COc1ccc(N2C(=O)c3cc4sccc4n3C[C@]2(C)C(=O)N[C@@H]2CCC[C@H](C)[C@H]2C)cc1OC. The minimum Gasteiger partial charge on any atom is -0.493 e. The molecule has 7 nitrogen and oxygen atoms in total. The van der Waals surface area contributed by atoms with Crippen LogP contribution in [-0.4, -0.2) is 42.2 Å². The van der Waals surface area contributed by atoms with E-state index in [4.69, 9.17) is 9.47 Å². The van der Waals surface area contributed by atoms with Crippen LogP contribution in [0.2, 0.25) is 0 Å². The first-order valence-electron chi connectivity index (χ1n) is 12.2. The molecule has 2 aliphatic rings. The first-order valence-corrected chi connectivity index (χ1v) is 13.1. The molecule has 0 spiro atoms. The van der Waals surface area contributed by atoms with E-state index in [2.05, 4.69) is 19.2 Å². The maximum atomic E-state index is 14.1. The molecule has 2 aromatic heterocycles. The number of carbonyl (C=O) groups excluding carboxylic acids is 2. The van der Waals surface area contributed by atoms with Crippen molar-refractivity contribution in [2.75, 3.05) is 19.1 Å². The minimum atomic E-state index is -1.13. The van der Waals surface area contributed by atoms with Crippen LogP contribution in [0.3, 0.4) is 0 Å². The van der Waals surface area contributed by atoms with Crippen molar-refractivity contribution in [2.45, 2.75) is 58.2 Å². The van der Waals surface area contributed by atoms with Crippen molar-refractivity contribution in [3.63, 3.8) is 0 Å². The van der Waals surface area contributed by atoms with E-state index in [1.807, 2.05) is 35.1 Å². The van der Waals surface area contributed by atoms with Gasteiger partial charge in [-0.25, -0.2) is 0 Å². The topological polar surface area (TPSA) is 72.8 Å². The summed E-state index contributed by atoms with van der Waals surface area (Å²) in [5.41, 5.74) is 1.06. The zero-order valence-electron chi connectivity index (χ0n) is 21.0. The third kappa shape index (κ3) is 3.78. The molecule has 1 fully saturated rings. The Bertz CT molecular complexity index is 1280. The molecule has 3 aromatic rings. The fraction of sp³-hybridized carbons (Fsp3) is 0.481. The molecule has 3 heterocycles. The van der Waals surface area contributed by atoms with Crippen molar-refractivity contribution >= 4 is 39.1 Å². The number of carbonyl (C=O) groups is 2. The molecule has 0 saturated heterocycles. The van der Waals surface area contributed by atoms with E-state index < -0.39 is 5.54 Å². The van der Waals surface area contributed by atoms with E-state index in [0.717, 1.165) is 23.1 Å².